The SMILES string of the molecule is Cc1ccc2cc(CCC(=O)O)ccc2c1. The zero-order valence-electron chi connectivity index (χ0n) is 9.23. The van der Waals surface area contributed by atoms with Crippen molar-refractivity contribution in [3.63, 3.8) is 0 Å². The van der Waals surface area contributed by atoms with E-state index < -0.39 is 5.97 Å². The molecule has 0 heterocycles. The summed E-state index contributed by atoms with van der Waals surface area (Å²) in [5, 5.41) is 11.0. The molecule has 16 heavy (non-hydrogen) atoms. The summed E-state index contributed by atoms with van der Waals surface area (Å²) in [4.78, 5) is 10.5. The molecular weight excluding hydrogens is 200 g/mol. The van der Waals surface area contributed by atoms with E-state index in [0.717, 1.165) is 5.56 Å². The second-order valence-corrected chi connectivity index (χ2v) is 4.08. The molecule has 0 aliphatic rings. The first-order valence-electron chi connectivity index (χ1n) is 5.36. The first kappa shape index (κ1) is 10.7. The number of carboxylic acid groups (broad SMARTS) is 1. The van der Waals surface area contributed by atoms with E-state index in [4.69, 9.17) is 5.11 Å². The van der Waals surface area contributed by atoms with Crippen molar-refractivity contribution in [1.29, 1.82) is 0 Å². The Bertz CT molecular complexity index is 529. The minimum atomic E-state index is -0.746. The smallest absolute Gasteiger partial charge is 0.303 e. The van der Waals surface area contributed by atoms with Crippen LogP contribution in [0.25, 0.3) is 10.8 Å². The fraction of sp³-hybridized carbons (Fsp3) is 0.214. The van der Waals surface area contributed by atoms with E-state index in [1.54, 1.807) is 0 Å². The highest BCUT2D eigenvalue weighted by Crippen LogP contribution is 2.18. The van der Waals surface area contributed by atoms with Gasteiger partial charge >= 0.3 is 5.97 Å². The number of aliphatic carboxylic acids is 1. The lowest BCUT2D eigenvalue weighted by Crippen LogP contribution is -1.97. The maximum atomic E-state index is 10.5. The van der Waals surface area contributed by atoms with Gasteiger partial charge in [-0.1, -0.05) is 42.0 Å². The Morgan fingerprint density at radius 1 is 1.12 bits per heavy atom. The van der Waals surface area contributed by atoms with Crippen molar-refractivity contribution in [3.8, 4) is 0 Å². The van der Waals surface area contributed by atoms with Crippen LogP contribution in [0.2, 0.25) is 0 Å². The van der Waals surface area contributed by atoms with Crippen LogP contribution in [-0.2, 0) is 11.2 Å². The van der Waals surface area contributed by atoms with Gasteiger partial charge in [-0.25, -0.2) is 0 Å². The van der Waals surface area contributed by atoms with Gasteiger partial charge in [0.25, 0.3) is 0 Å². The highest BCUT2D eigenvalue weighted by atomic mass is 16.4. The predicted molar refractivity (Wildman–Crippen MR) is 64.6 cm³/mol. The molecule has 0 aromatic heterocycles. The quantitative estimate of drug-likeness (QED) is 0.852. The van der Waals surface area contributed by atoms with Crippen molar-refractivity contribution >= 4 is 16.7 Å². The molecule has 0 radical (unpaired) electrons. The van der Waals surface area contributed by atoms with Crippen LogP contribution in [0, 0.1) is 6.92 Å². The van der Waals surface area contributed by atoms with Crippen LogP contribution in [-0.4, -0.2) is 11.1 Å². The molecule has 82 valence electrons. The molecule has 2 rings (SSSR count). The molecule has 0 atom stereocenters. The number of hydrogen-bond donors (Lipinski definition) is 1. The van der Waals surface area contributed by atoms with E-state index in [9.17, 15) is 4.79 Å². The third-order valence-corrected chi connectivity index (χ3v) is 2.69. The maximum absolute atomic E-state index is 10.5. The van der Waals surface area contributed by atoms with Crippen molar-refractivity contribution in [2.75, 3.05) is 0 Å². The van der Waals surface area contributed by atoms with Crippen LogP contribution in [0.1, 0.15) is 17.5 Å². The third-order valence-electron chi connectivity index (χ3n) is 2.69. The zero-order chi connectivity index (χ0) is 11.5. The summed E-state index contributed by atoms with van der Waals surface area (Å²) < 4.78 is 0. The first-order valence-corrected chi connectivity index (χ1v) is 5.36. The number of carboxylic acids is 1. The van der Waals surface area contributed by atoms with Crippen molar-refractivity contribution in [3.05, 3.63) is 47.5 Å². The second-order valence-electron chi connectivity index (χ2n) is 4.08. The number of benzene rings is 2. The molecule has 0 spiro atoms. The molecule has 0 bridgehead atoms. The Morgan fingerprint density at radius 2 is 1.81 bits per heavy atom. The molecule has 2 heteroatoms. The van der Waals surface area contributed by atoms with Gasteiger partial charge < -0.3 is 5.11 Å². The Morgan fingerprint density at radius 3 is 2.56 bits per heavy atom. The summed E-state index contributed by atoms with van der Waals surface area (Å²) in [6, 6.07) is 12.4. The Kier molecular flexibility index (Phi) is 2.91. The molecule has 2 aromatic carbocycles. The van der Waals surface area contributed by atoms with E-state index in [1.807, 2.05) is 6.07 Å². The van der Waals surface area contributed by atoms with Gasteiger partial charge in [0.05, 0.1) is 0 Å². The van der Waals surface area contributed by atoms with Gasteiger partial charge in [-0.3, -0.25) is 4.79 Å². The molecule has 2 aromatic rings. The fourth-order valence-corrected chi connectivity index (χ4v) is 1.82. The van der Waals surface area contributed by atoms with Gasteiger partial charge in [0, 0.05) is 6.42 Å². The summed E-state index contributed by atoms with van der Waals surface area (Å²) >= 11 is 0. The molecule has 2 nitrogen and oxygen atoms in total. The summed E-state index contributed by atoms with van der Waals surface area (Å²) in [6.45, 7) is 2.07. The Labute approximate surface area is 94.5 Å². The molecule has 0 unspecified atom stereocenters. The van der Waals surface area contributed by atoms with Gasteiger partial charge in [0.15, 0.2) is 0 Å². The number of hydrogen-bond acceptors (Lipinski definition) is 1. The zero-order valence-corrected chi connectivity index (χ0v) is 9.23. The highest BCUT2D eigenvalue weighted by Gasteiger charge is 2.00. The van der Waals surface area contributed by atoms with E-state index in [0.29, 0.717) is 6.42 Å². The van der Waals surface area contributed by atoms with Gasteiger partial charge in [-0.15, -0.1) is 0 Å². The van der Waals surface area contributed by atoms with Gasteiger partial charge in [0.2, 0.25) is 0 Å². The average Bonchev–Trinajstić information content (AvgIpc) is 2.26. The van der Waals surface area contributed by atoms with Crippen LogP contribution in [0.15, 0.2) is 36.4 Å². The highest BCUT2D eigenvalue weighted by molar-refractivity contribution is 5.83. The summed E-state index contributed by atoms with van der Waals surface area (Å²) in [5.41, 5.74) is 2.32. The van der Waals surface area contributed by atoms with Crippen LogP contribution < -0.4 is 0 Å². The second kappa shape index (κ2) is 4.35. The molecule has 0 aliphatic carbocycles. The number of carbonyl (C=O) groups is 1. The van der Waals surface area contributed by atoms with Gasteiger partial charge in [0.1, 0.15) is 0 Å². The molecule has 0 aliphatic heterocycles. The molecule has 0 saturated carbocycles. The monoisotopic (exact) mass is 214 g/mol. The summed E-state index contributed by atoms with van der Waals surface area (Å²) in [5.74, 6) is -0.746. The topological polar surface area (TPSA) is 37.3 Å². The normalized spacial score (nSPS) is 10.6. The predicted octanol–water partition coefficient (Wildman–Crippen LogP) is 3.17. The minimum Gasteiger partial charge on any atom is -0.481 e. The number of rotatable bonds is 3. The van der Waals surface area contributed by atoms with Crippen LogP contribution >= 0.6 is 0 Å². The van der Waals surface area contributed by atoms with Gasteiger partial charge in [-0.2, -0.15) is 0 Å². The third kappa shape index (κ3) is 2.40. The standard InChI is InChI=1S/C14H14O2/c1-10-2-5-13-9-11(4-7-14(15)16)3-6-12(13)8-10/h2-3,5-6,8-9H,4,7H2,1H3,(H,15,16). The molecule has 0 amide bonds. The largest absolute Gasteiger partial charge is 0.481 e. The minimum absolute atomic E-state index is 0.192. The first-order chi connectivity index (χ1) is 7.65. The summed E-state index contributed by atoms with van der Waals surface area (Å²) in [6.07, 6.45) is 0.788. The van der Waals surface area contributed by atoms with E-state index in [-0.39, 0.29) is 6.42 Å². The van der Waals surface area contributed by atoms with E-state index in [2.05, 4.69) is 37.3 Å². The van der Waals surface area contributed by atoms with Gasteiger partial charge in [-0.05, 0) is 29.7 Å². The van der Waals surface area contributed by atoms with Crippen LogP contribution in [0.4, 0.5) is 0 Å². The van der Waals surface area contributed by atoms with Crippen molar-refractivity contribution in [1.82, 2.24) is 0 Å². The lowest BCUT2D eigenvalue weighted by molar-refractivity contribution is -0.136. The number of aryl methyl sites for hydroxylation is 2. The average molecular weight is 214 g/mol. The fourth-order valence-electron chi connectivity index (χ4n) is 1.82. The van der Waals surface area contributed by atoms with E-state index in [1.165, 1.54) is 16.3 Å². The van der Waals surface area contributed by atoms with Crippen molar-refractivity contribution < 1.29 is 9.90 Å². The molecule has 1 N–H and O–H groups in total. The molecular formula is C14H14O2. The maximum Gasteiger partial charge on any atom is 0.303 e. The van der Waals surface area contributed by atoms with E-state index >= 15 is 0 Å². The van der Waals surface area contributed by atoms with Crippen molar-refractivity contribution in [2.45, 2.75) is 19.8 Å². The Hall–Kier alpha value is -1.83. The van der Waals surface area contributed by atoms with Crippen LogP contribution in [0.3, 0.4) is 0 Å². The lowest BCUT2D eigenvalue weighted by Gasteiger charge is -2.03. The lowest BCUT2D eigenvalue weighted by atomic mass is 10.0. The summed E-state index contributed by atoms with van der Waals surface area (Å²) in [7, 11) is 0. The Balaban J connectivity index is 2.30. The van der Waals surface area contributed by atoms with Crippen molar-refractivity contribution in [2.24, 2.45) is 0 Å². The molecule has 0 fully saturated rings. The number of fused-ring (bicyclic) bond motifs is 1. The molecule has 0 saturated heterocycles. The van der Waals surface area contributed by atoms with Crippen LogP contribution in [0.5, 0.6) is 0 Å².